The van der Waals surface area contributed by atoms with Gasteiger partial charge in [-0.1, -0.05) is 35.9 Å². The van der Waals surface area contributed by atoms with Crippen LogP contribution in [0, 0.1) is 0 Å². The second-order valence-corrected chi connectivity index (χ2v) is 9.11. The van der Waals surface area contributed by atoms with E-state index in [2.05, 4.69) is 16.9 Å². The van der Waals surface area contributed by atoms with E-state index in [1.807, 2.05) is 0 Å². The second kappa shape index (κ2) is 10.6. The number of imidazole rings is 1. The molecule has 0 bridgehead atoms. The molecule has 1 N–H and O–H groups in total. The standard InChI is InChI=1S/C22H21ClF2N4O3S/c1-2-13-29(19-9-4-3-8-18(19)23)33(31,32)17-7-5-6-16(15-17)21(30)27-11-10-20-26-12-14-28(20)22(24)25/h2-9,12,14-15,22H,1,10-11,13H2,(H,27,30). The van der Waals surface area contributed by atoms with Crippen molar-refractivity contribution in [2.75, 3.05) is 17.4 Å². The minimum Gasteiger partial charge on any atom is -0.352 e. The van der Waals surface area contributed by atoms with Crippen molar-refractivity contribution in [2.45, 2.75) is 17.9 Å². The summed E-state index contributed by atoms with van der Waals surface area (Å²) in [4.78, 5) is 16.3. The van der Waals surface area contributed by atoms with E-state index in [-0.39, 0.29) is 46.5 Å². The van der Waals surface area contributed by atoms with Crippen molar-refractivity contribution >= 4 is 33.2 Å². The molecule has 0 aliphatic heterocycles. The average Bonchev–Trinajstić information content (AvgIpc) is 3.27. The van der Waals surface area contributed by atoms with Crippen molar-refractivity contribution in [1.82, 2.24) is 14.9 Å². The molecule has 1 aromatic heterocycles. The number of para-hydroxylation sites is 1. The summed E-state index contributed by atoms with van der Waals surface area (Å²) >= 11 is 6.20. The molecule has 0 saturated heterocycles. The second-order valence-electron chi connectivity index (χ2n) is 6.84. The van der Waals surface area contributed by atoms with Crippen molar-refractivity contribution in [3.63, 3.8) is 0 Å². The maximum Gasteiger partial charge on any atom is 0.319 e. The number of nitrogens with zero attached hydrogens (tertiary/aromatic N) is 3. The summed E-state index contributed by atoms with van der Waals surface area (Å²) in [7, 11) is -4.06. The van der Waals surface area contributed by atoms with Crippen LogP contribution in [-0.4, -0.2) is 37.0 Å². The van der Waals surface area contributed by atoms with E-state index >= 15 is 0 Å². The number of benzene rings is 2. The van der Waals surface area contributed by atoms with E-state index in [1.54, 1.807) is 24.3 Å². The number of hydrogen-bond acceptors (Lipinski definition) is 4. The first-order valence-electron chi connectivity index (χ1n) is 9.82. The maximum atomic E-state index is 13.3. The molecule has 174 valence electrons. The number of nitrogens with one attached hydrogen (secondary N) is 1. The molecule has 0 saturated carbocycles. The Morgan fingerprint density at radius 3 is 2.70 bits per heavy atom. The summed E-state index contributed by atoms with van der Waals surface area (Å²) in [6.45, 7) is 0.903. The van der Waals surface area contributed by atoms with Gasteiger partial charge in [-0.2, -0.15) is 8.78 Å². The topological polar surface area (TPSA) is 84.3 Å². The zero-order valence-electron chi connectivity index (χ0n) is 17.4. The summed E-state index contributed by atoms with van der Waals surface area (Å²) in [6.07, 6.45) is 3.93. The van der Waals surface area contributed by atoms with Crippen LogP contribution >= 0.6 is 11.6 Å². The monoisotopic (exact) mass is 494 g/mol. The normalized spacial score (nSPS) is 11.4. The van der Waals surface area contributed by atoms with Crippen LogP contribution in [0.25, 0.3) is 0 Å². The number of aromatic nitrogens is 2. The number of anilines is 1. The summed E-state index contributed by atoms with van der Waals surface area (Å²) in [5.41, 5.74) is 0.384. The molecule has 0 radical (unpaired) electrons. The molecule has 3 aromatic rings. The summed E-state index contributed by atoms with van der Waals surface area (Å²) in [6, 6.07) is 12.0. The molecule has 33 heavy (non-hydrogen) atoms. The van der Waals surface area contributed by atoms with Crippen molar-refractivity contribution in [3.8, 4) is 0 Å². The first-order chi connectivity index (χ1) is 15.8. The minimum absolute atomic E-state index is 0.0285. The van der Waals surface area contributed by atoms with Gasteiger partial charge in [-0.15, -0.1) is 6.58 Å². The summed E-state index contributed by atoms with van der Waals surface area (Å²) in [5.74, 6) is -0.420. The van der Waals surface area contributed by atoms with E-state index in [0.29, 0.717) is 4.57 Å². The number of halogens is 3. The molecule has 3 rings (SSSR count). The summed E-state index contributed by atoms with van der Waals surface area (Å²) in [5, 5.41) is 2.84. The van der Waals surface area contributed by atoms with Gasteiger partial charge in [0.25, 0.3) is 15.9 Å². The highest BCUT2D eigenvalue weighted by Crippen LogP contribution is 2.30. The number of carbonyl (C=O) groups excluding carboxylic acids is 1. The lowest BCUT2D eigenvalue weighted by Gasteiger charge is -2.24. The first-order valence-corrected chi connectivity index (χ1v) is 11.6. The van der Waals surface area contributed by atoms with Gasteiger partial charge >= 0.3 is 6.55 Å². The Balaban J connectivity index is 1.78. The molecule has 0 aliphatic rings. The molecular weight excluding hydrogens is 474 g/mol. The van der Waals surface area contributed by atoms with Crippen LogP contribution in [0.1, 0.15) is 22.7 Å². The van der Waals surface area contributed by atoms with E-state index < -0.39 is 22.5 Å². The Bertz CT molecular complexity index is 1250. The molecule has 0 aliphatic carbocycles. The lowest BCUT2D eigenvalue weighted by molar-refractivity contribution is 0.0670. The molecule has 1 heterocycles. The molecule has 0 fully saturated rings. The molecule has 0 spiro atoms. The maximum absolute atomic E-state index is 13.3. The zero-order valence-corrected chi connectivity index (χ0v) is 18.9. The van der Waals surface area contributed by atoms with Gasteiger partial charge in [0.15, 0.2) is 0 Å². The Hall–Kier alpha value is -3.24. The van der Waals surface area contributed by atoms with E-state index in [9.17, 15) is 22.0 Å². The number of amides is 1. The van der Waals surface area contributed by atoms with Crippen LogP contribution in [0.2, 0.25) is 5.02 Å². The third-order valence-corrected chi connectivity index (χ3v) is 6.79. The summed E-state index contributed by atoms with van der Waals surface area (Å²) < 4.78 is 54.3. The molecule has 1 amide bonds. The molecule has 0 unspecified atom stereocenters. The minimum atomic E-state index is -4.06. The van der Waals surface area contributed by atoms with E-state index in [4.69, 9.17) is 11.6 Å². The van der Waals surface area contributed by atoms with Gasteiger partial charge in [-0.3, -0.25) is 13.7 Å². The molecular formula is C22H21ClF2N4O3S. The fraction of sp³-hybridized carbons (Fsp3) is 0.182. The Kier molecular flexibility index (Phi) is 7.83. The van der Waals surface area contributed by atoms with Crippen molar-refractivity contribution in [3.05, 3.63) is 90.0 Å². The highest BCUT2D eigenvalue weighted by Gasteiger charge is 2.26. The quantitative estimate of drug-likeness (QED) is 0.426. The van der Waals surface area contributed by atoms with Crippen molar-refractivity contribution in [2.24, 2.45) is 0 Å². The molecule has 0 atom stereocenters. The van der Waals surface area contributed by atoms with Crippen molar-refractivity contribution < 1.29 is 22.0 Å². The third-order valence-electron chi connectivity index (χ3n) is 4.69. The Morgan fingerprint density at radius 1 is 1.24 bits per heavy atom. The van der Waals surface area contributed by atoms with Gasteiger partial charge in [-0.05, 0) is 30.3 Å². The molecule has 11 heteroatoms. The van der Waals surface area contributed by atoms with Gasteiger partial charge in [0.05, 0.1) is 22.2 Å². The van der Waals surface area contributed by atoms with Crippen LogP contribution in [0.3, 0.4) is 0 Å². The number of rotatable bonds is 10. The number of sulfonamides is 1. The molecule has 7 nitrogen and oxygen atoms in total. The zero-order chi connectivity index (χ0) is 24.0. The van der Waals surface area contributed by atoms with Gasteiger partial charge < -0.3 is 5.32 Å². The van der Waals surface area contributed by atoms with Crippen molar-refractivity contribution in [1.29, 1.82) is 0 Å². The highest BCUT2D eigenvalue weighted by atomic mass is 35.5. The van der Waals surface area contributed by atoms with Crippen LogP contribution < -0.4 is 9.62 Å². The van der Waals surface area contributed by atoms with Crippen LogP contribution in [0.5, 0.6) is 0 Å². The lowest BCUT2D eigenvalue weighted by Crippen LogP contribution is -2.32. The Labute approximate surface area is 195 Å². The number of carbonyl (C=O) groups is 1. The van der Waals surface area contributed by atoms with Crippen LogP contribution in [0.4, 0.5) is 14.5 Å². The van der Waals surface area contributed by atoms with Gasteiger partial charge in [-0.25, -0.2) is 13.4 Å². The van der Waals surface area contributed by atoms with Gasteiger partial charge in [0, 0.05) is 30.9 Å². The number of hydrogen-bond donors (Lipinski definition) is 1. The SMILES string of the molecule is C=CCN(c1ccccc1Cl)S(=O)(=O)c1cccc(C(=O)NCCc2nccn2C(F)F)c1. The van der Waals surface area contributed by atoms with Gasteiger partial charge in [0.1, 0.15) is 5.82 Å². The highest BCUT2D eigenvalue weighted by molar-refractivity contribution is 7.92. The first kappa shape index (κ1) is 24.4. The number of alkyl halides is 2. The fourth-order valence-electron chi connectivity index (χ4n) is 3.13. The van der Waals surface area contributed by atoms with E-state index in [0.717, 1.165) is 10.5 Å². The van der Waals surface area contributed by atoms with Gasteiger partial charge in [0.2, 0.25) is 0 Å². The smallest absolute Gasteiger partial charge is 0.319 e. The Morgan fingerprint density at radius 2 is 2.00 bits per heavy atom. The predicted molar refractivity (Wildman–Crippen MR) is 122 cm³/mol. The largest absolute Gasteiger partial charge is 0.352 e. The van der Waals surface area contributed by atoms with Crippen LogP contribution in [-0.2, 0) is 16.4 Å². The van der Waals surface area contributed by atoms with Crippen LogP contribution in [0.15, 0.2) is 78.5 Å². The third kappa shape index (κ3) is 5.58. The fourth-order valence-corrected chi connectivity index (χ4v) is 4.92. The van der Waals surface area contributed by atoms with E-state index in [1.165, 1.54) is 36.5 Å². The average molecular weight is 495 g/mol. The molecule has 2 aromatic carbocycles. The predicted octanol–water partition coefficient (Wildman–Crippen LogP) is 4.29. The lowest BCUT2D eigenvalue weighted by atomic mass is 10.2.